The zero-order valence-electron chi connectivity index (χ0n) is 18.8. The van der Waals surface area contributed by atoms with Gasteiger partial charge in [-0.15, -0.1) is 0 Å². The standard InChI is InChI=1S/C24H32O7/c1-6-22(25)28-14-29-23(26)13-19-9-12-21(17(5)16(19)4)31-24(27)18-7-10-20(11-8-18)30-15(2)3/h6,9,12,15,18,20H,1,7-8,10-11,13-14H2,2-5H3. The second-order valence-corrected chi connectivity index (χ2v) is 8.03. The quantitative estimate of drug-likeness (QED) is 0.252. The van der Waals surface area contributed by atoms with Crippen molar-refractivity contribution in [2.75, 3.05) is 6.79 Å². The Hall–Kier alpha value is -2.67. The molecule has 1 aliphatic carbocycles. The number of benzene rings is 1. The van der Waals surface area contributed by atoms with Gasteiger partial charge in [0.05, 0.1) is 24.5 Å². The maximum Gasteiger partial charge on any atom is 0.333 e. The third-order valence-electron chi connectivity index (χ3n) is 5.45. The Bertz CT molecular complexity index is 804. The molecular formula is C24H32O7. The van der Waals surface area contributed by atoms with E-state index in [2.05, 4.69) is 11.3 Å². The lowest BCUT2D eigenvalue weighted by Gasteiger charge is -2.28. The van der Waals surface area contributed by atoms with Crippen molar-refractivity contribution in [1.82, 2.24) is 0 Å². The Balaban J connectivity index is 1.90. The van der Waals surface area contributed by atoms with E-state index in [-0.39, 0.29) is 30.5 Å². The fourth-order valence-electron chi connectivity index (χ4n) is 3.58. The molecule has 0 N–H and O–H groups in total. The molecule has 7 heteroatoms. The summed E-state index contributed by atoms with van der Waals surface area (Å²) in [6.45, 7) is 10.6. The van der Waals surface area contributed by atoms with Crippen molar-refractivity contribution < 1.29 is 33.3 Å². The molecule has 170 valence electrons. The zero-order valence-corrected chi connectivity index (χ0v) is 18.8. The van der Waals surface area contributed by atoms with Gasteiger partial charge in [-0.05, 0) is 76.1 Å². The molecule has 1 aromatic rings. The molecular weight excluding hydrogens is 400 g/mol. The molecule has 1 aliphatic rings. The van der Waals surface area contributed by atoms with Crippen LogP contribution in [0.1, 0.15) is 56.2 Å². The monoisotopic (exact) mass is 432 g/mol. The molecule has 2 rings (SSSR count). The maximum atomic E-state index is 12.6. The third-order valence-corrected chi connectivity index (χ3v) is 5.45. The lowest BCUT2D eigenvalue weighted by Crippen LogP contribution is -2.30. The molecule has 0 heterocycles. The first kappa shape index (κ1) is 24.6. The number of ether oxygens (including phenoxy) is 4. The van der Waals surface area contributed by atoms with Gasteiger partial charge in [0.1, 0.15) is 5.75 Å². The van der Waals surface area contributed by atoms with Gasteiger partial charge in [0.2, 0.25) is 6.79 Å². The van der Waals surface area contributed by atoms with Crippen molar-refractivity contribution in [2.24, 2.45) is 5.92 Å². The highest BCUT2D eigenvalue weighted by atomic mass is 16.7. The average molecular weight is 433 g/mol. The third kappa shape index (κ3) is 7.51. The van der Waals surface area contributed by atoms with Crippen LogP contribution in [-0.2, 0) is 35.0 Å². The number of hydrogen-bond donors (Lipinski definition) is 0. The summed E-state index contributed by atoms with van der Waals surface area (Å²) in [4.78, 5) is 35.6. The van der Waals surface area contributed by atoms with Crippen LogP contribution in [0.2, 0.25) is 0 Å². The predicted octanol–water partition coefficient (Wildman–Crippen LogP) is 3.97. The van der Waals surface area contributed by atoms with Crippen molar-refractivity contribution in [3.63, 3.8) is 0 Å². The largest absolute Gasteiger partial charge is 0.428 e. The fourth-order valence-corrected chi connectivity index (χ4v) is 3.58. The second-order valence-electron chi connectivity index (χ2n) is 8.03. The Kier molecular flexibility index (Phi) is 9.24. The molecule has 31 heavy (non-hydrogen) atoms. The summed E-state index contributed by atoms with van der Waals surface area (Å²) in [6.07, 6.45) is 4.66. The van der Waals surface area contributed by atoms with Crippen molar-refractivity contribution in [3.8, 4) is 5.75 Å². The number of esters is 3. The number of hydrogen-bond acceptors (Lipinski definition) is 7. The Labute approximate surface area is 183 Å². The number of carbonyl (C=O) groups excluding carboxylic acids is 3. The molecule has 0 unspecified atom stereocenters. The van der Waals surface area contributed by atoms with Gasteiger partial charge >= 0.3 is 17.9 Å². The molecule has 1 saturated carbocycles. The van der Waals surface area contributed by atoms with E-state index in [1.807, 2.05) is 27.7 Å². The zero-order chi connectivity index (χ0) is 23.0. The van der Waals surface area contributed by atoms with Gasteiger partial charge in [0.25, 0.3) is 0 Å². The minimum absolute atomic E-state index is 0.0202. The first-order chi connectivity index (χ1) is 14.7. The van der Waals surface area contributed by atoms with E-state index in [1.165, 1.54) is 0 Å². The maximum absolute atomic E-state index is 12.6. The van der Waals surface area contributed by atoms with E-state index in [4.69, 9.17) is 14.2 Å². The van der Waals surface area contributed by atoms with E-state index < -0.39 is 18.7 Å². The van der Waals surface area contributed by atoms with Crippen LogP contribution >= 0.6 is 0 Å². The topological polar surface area (TPSA) is 88.1 Å². The molecule has 7 nitrogen and oxygen atoms in total. The van der Waals surface area contributed by atoms with Gasteiger partial charge in [0, 0.05) is 6.08 Å². The molecule has 0 bridgehead atoms. The summed E-state index contributed by atoms with van der Waals surface area (Å²) in [5.74, 6) is -1.03. The smallest absolute Gasteiger partial charge is 0.333 e. The average Bonchev–Trinajstić information content (AvgIpc) is 2.73. The highest BCUT2D eigenvalue weighted by Gasteiger charge is 2.29. The van der Waals surface area contributed by atoms with E-state index in [0.29, 0.717) is 5.75 Å². The summed E-state index contributed by atoms with van der Waals surface area (Å²) in [5, 5.41) is 0. The first-order valence-electron chi connectivity index (χ1n) is 10.6. The second kappa shape index (κ2) is 11.6. The highest BCUT2D eigenvalue weighted by molar-refractivity contribution is 5.81. The molecule has 0 aliphatic heterocycles. The van der Waals surface area contributed by atoms with Gasteiger partial charge in [-0.2, -0.15) is 0 Å². The molecule has 1 aromatic carbocycles. The molecule has 0 saturated heterocycles. The molecule has 0 amide bonds. The predicted molar refractivity (Wildman–Crippen MR) is 114 cm³/mol. The lowest BCUT2D eigenvalue weighted by molar-refractivity contribution is -0.163. The molecule has 0 radical (unpaired) electrons. The van der Waals surface area contributed by atoms with Crippen molar-refractivity contribution in [2.45, 2.75) is 72.0 Å². The molecule has 0 aromatic heterocycles. The van der Waals surface area contributed by atoms with Gasteiger partial charge < -0.3 is 18.9 Å². The number of carbonyl (C=O) groups is 3. The molecule has 1 fully saturated rings. The Morgan fingerprint density at radius 2 is 1.74 bits per heavy atom. The minimum atomic E-state index is -0.660. The van der Waals surface area contributed by atoms with Crippen molar-refractivity contribution >= 4 is 17.9 Å². The van der Waals surface area contributed by atoms with E-state index in [9.17, 15) is 14.4 Å². The summed E-state index contributed by atoms with van der Waals surface area (Å²) < 4.78 is 21.1. The highest BCUT2D eigenvalue weighted by Crippen LogP contribution is 2.30. The van der Waals surface area contributed by atoms with Gasteiger partial charge in [-0.25, -0.2) is 4.79 Å². The first-order valence-corrected chi connectivity index (χ1v) is 10.6. The van der Waals surface area contributed by atoms with Crippen LogP contribution in [0.25, 0.3) is 0 Å². The summed E-state index contributed by atoms with van der Waals surface area (Å²) in [7, 11) is 0. The normalized spacial score (nSPS) is 18.4. The molecule has 0 spiro atoms. The Morgan fingerprint density at radius 1 is 1.06 bits per heavy atom. The fraction of sp³-hybridized carbons (Fsp3) is 0.542. The van der Waals surface area contributed by atoms with Crippen LogP contribution in [0.4, 0.5) is 0 Å². The van der Waals surface area contributed by atoms with E-state index in [0.717, 1.165) is 48.4 Å². The lowest BCUT2D eigenvalue weighted by atomic mass is 9.87. The van der Waals surface area contributed by atoms with E-state index >= 15 is 0 Å². The molecule has 0 atom stereocenters. The summed E-state index contributed by atoms with van der Waals surface area (Å²) >= 11 is 0. The van der Waals surface area contributed by atoms with Gasteiger partial charge in [-0.1, -0.05) is 12.6 Å². The minimum Gasteiger partial charge on any atom is -0.428 e. The van der Waals surface area contributed by atoms with Crippen LogP contribution in [0, 0.1) is 19.8 Å². The van der Waals surface area contributed by atoms with Crippen LogP contribution < -0.4 is 4.74 Å². The van der Waals surface area contributed by atoms with Crippen LogP contribution in [0.3, 0.4) is 0 Å². The SMILES string of the molecule is C=CC(=O)OCOC(=O)Cc1ccc(OC(=O)C2CCC(OC(C)C)CC2)c(C)c1C. The summed E-state index contributed by atoms with van der Waals surface area (Å²) in [6, 6.07) is 3.45. The van der Waals surface area contributed by atoms with Gasteiger partial charge in [-0.3, -0.25) is 9.59 Å². The van der Waals surface area contributed by atoms with Crippen LogP contribution in [0.15, 0.2) is 24.8 Å². The summed E-state index contributed by atoms with van der Waals surface area (Å²) in [5.41, 5.74) is 2.40. The van der Waals surface area contributed by atoms with Gasteiger partial charge in [0.15, 0.2) is 0 Å². The van der Waals surface area contributed by atoms with E-state index in [1.54, 1.807) is 12.1 Å². The Morgan fingerprint density at radius 3 is 2.35 bits per heavy atom. The number of rotatable bonds is 9. The van der Waals surface area contributed by atoms with Crippen LogP contribution in [0.5, 0.6) is 5.75 Å². The van der Waals surface area contributed by atoms with Crippen molar-refractivity contribution in [3.05, 3.63) is 41.5 Å². The van der Waals surface area contributed by atoms with Crippen molar-refractivity contribution in [1.29, 1.82) is 0 Å². The van der Waals surface area contributed by atoms with Crippen LogP contribution in [-0.4, -0.2) is 36.9 Å².